The normalized spacial score (nSPS) is 20.8. The Labute approximate surface area is 68.2 Å². The molecule has 0 aliphatic heterocycles. The molecule has 1 aliphatic carbocycles. The monoisotopic (exact) mass is 155 g/mol. The molecule has 2 nitrogen and oxygen atoms in total. The van der Waals surface area contributed by atoms with Gasteiger partial charge in [0, 0.05) is 6.42 Å². The molecule has 1 aliphatic rings. The number of carbonyl (C=O) groups excluding carboxylic acids is 1. The van der Waals surface area contributed by atoms with Gasteiger partial charge in [0.25, 0.3) is 0 Å². The van der Waals surface area contributed by atoms with Crippen LogP contribution in [0.3, 0.4) is 0 Å². The Balaban J connectivity index is 2.09. The minimum absolute atomic E-state index is 0.156. The molecular formula is C9H17NO. The van der Waals surface area contributed by atoms with Gasteiger partial charge in [-0.2, -0.15) is 0 Å². The van der Waals surface area contributed by atoms with Crippen molar-refractivity contribution in [1.29, 1.82) is 0 Å². The van der Waals surface area contributed by atoms with Crippen LogP contribution in [0.25, 0.3) is 0 Å². The predicted octanol–water partition coefficient (Wildman–Crippen LogP) is 1.69. The van der Waals surface area contributed by atoms with Crippen molar-refractivity contribution in [2.24, 2.45) is 17.6 Å². The average Bonchev–Trinajstić information content (AvgIpc) is 1.77. The van der Waals surface area contributed by atoms with Gasteiger partial charge in [-0.3, -0.25) is 4.79 Å². The van der Waals surface area contributed by atoms with E-state index in [1.54, 1.807) is 0 Å². The fourth-order valence-electron chi connectivity index (χ4n) is 1.72. The first-order chi connectivity index (χ1) is 5.18. The molecule has 1 unspecified atom stereocenters. The van der Waals surface area contributed by atoms with Crippen molar-refractivity contribution in [2.75, 3.05) is 0 Å². The summed E-state index contributed by atoms with van der Waals surface area (Å²) in [4.78, 5) is 10.5. The fourth-order valence-corrected chi connectivity index (χ4v) is 1.72. The first kappa shape index (κ1) is 8.57. The third-order valence-corrected chi connectivity index (χ3v) is 2.51. The summed E-state index contributed by atoms with van der Waals surface area (Å²) in [5.41, 5.74) is 5.09. The summed E-state index contributed by atoms with van der Waals surface area (Å²) in [6.07, 6.45) is 5.87. The summed E-state index contributed by atoms with van der Waals surface area (Å²) in [5.74, 6) is 1.24. The summed E-state index contributed by atoms with van der Waals surface area (Å²) in [5, 5.41) is 0. The fraction of sp³-hybridized carbons (Fsp3) is 0.889. The van der Waals surface area contributed by atoms with Gasteiger partial charge in [-0.15, -0.1) is 0 Å². The van der Waals surface area contributed by atoms with Crippen LogP contribution in [0, 0.1) is 11.8 Å². The van der Waals surface area contributed by atoms with Crippen LogP contribution in [-0.2, 0) is 4.79 Å². The molecule has 0 aromatic rings. The Hall–Kier alpha value is -0.530. The number of primary amides is 1. The Morgan fingerprint density at radius 3 is 2.64 bits per heavy atom. The van der Waals surface area contributed by atoms with E-state index in [9.17, 15) is 4.79 Å². The highest BCUT2D eigenvalue weighted by Crippen LogP contribution is 2.32. The molecule has 11 heavy (non-hydrogen) atoms. The maximum Gasteiger partial charge on any atom is 0.217 e. The van der Waals surface area contributed by atoms with Gasteiger partial charge < -0.3 is 5.73 Å². The van der Waals surface area contributed by atoms with Gasteiger partial charge >= 0.3 is 0 Å². The van der Waals surface area contributed by atoms with Gasteiger partial charge in [0.1, 0.15) is 0 Å². The van der Waals surface area contributed by atoms with E-state index < -0.39 is 0 Å². The third kappa shape index (κ3) is 2.91. The smallest absolute Gasteiger partial charge is 0.217 e. The summed E-state index contributed by atoms with van der Waals surface area (Å²) in [7, 11) is 0. The minimum Gasteiger partial charge on any atom is -0.370 e. The van der Waals surface area contributed by atoms with E-state index in [0.29, 0.717) is 12.3 Å². The molecule has 0 heterocycles. The zero-order chi connectivity index (χ0) is 8.27. The van der Waals surface area contributed by atoms with E-state index >= 15 is 0 Å². The molecule has 64 valence electrons. The van der Waals surface area contributed by atoms with Crippen molar-refractivity contribution < 1.29 is 4.79 Å². The van der Waals surface area contributed by atoms with Crippen LogP contribution in [0.2, 0.25) is 0 Å². The van der Waals surface area contributed by atoms with Crippen molar-refractivity contribution >= 4 is 5.91 Å². The molecule has 0 aromatic carbocycles. The second-order valence-corrected chi connectivity index (χ2v) is 3.81. The lowest BCUT2D eigenvalue weighted by Gasteiger charge is -2.27. The summed E-state index contributed by atoms with van der Waals surface area (Å²) < 4.78 is 0. The lowest BCUT2D eigenvalue weighted by molar-refractivity contribution is -0.118. The number of rotatable bonds is 4. The van der Waals surface area contributed by atoms with Crippen LogP contribution in [0.5, 0.6) is 0 Å². The molecular weight excluding hydrogens is 138 g/mol. The molecule has 0 spiro atoms. The van der Waals surface area contributed by atoms with Crippen LogP contribution >= 0.6 is 0 Å². The zero-order valence-electron chi connectivity index (χ0n) is 7.18. The third-order valence-electron chi connectivity index (χ3n) is 2.51. The van der Waals surface area contributed by atoms with Crippen LogP contribution in [-0.4, -0.2) is 5.91 Å². The van der Waals surface area contributed by atoms with Crippen LogP contribution < -0.4 is 5.73 Å². The lowest BCUT2D eigenvalue weighted by Crippen LogP contribution is -2.19. The molecule has 1 saturated carbocycles. The molecule has 0 radical (unpaired) electrons. The molecule has 0 saturated heterocycles. The first-order valence-electron chi connectivity index (χ1n) is 4.46. The Morgan fingerprint density at radius 2 is 2.27 bits per heavy atom. The second-order valence-electron chi connectivity index (χ2n) is 3.81. The maximum atomic E-state index is 10.5. The van der Waals surface area contributed by atoms with Gasteiger partial charge in [-0.05, 0) is 18.3 Å². The molecule has 0 bridgehead atoms. The Bertz CT molecular complexity index is 140. The minimum atomic E-state index is -0.156. The molecule has 0 aromatic heterocycles. The van der Waals surface area contributed by atoms with Crippen molar-refractivity contribution in [1.82, 2.24) is 0 Å². The first-order valence-corrected chi connectivity index (χ1v) is 4.46. The van der Waals surface area contributed by atoms with E-state index in [0.717, 1.165) is 5.92 Å². The zero-order valence-corrected chi connectivity index (χ0v) is 7.18. The lowest BCUT2D eigenvalue weighted by atomic mass is 9.79. The Morgan fingerprint density at radius 1 is 1.64 bits per heavy atom. The predicted molar refractivity (Wildman–Crippen MR) is 44.9 cm³/mol. The summed E-state index contributed by atoms with van der Waals surface area (Å²) >= 11 is 0. The van der Waals surface area contributed by atoms with E-state index in [1.165, 1.54) is 25.7 Å². The molecule has 1 rings (SSSR count). The summed E-state index contributed by atoms with van der Waals surface area (Å²) in [6, 6.07) is 0. The van der Waals surface area contributed by atoms with E-state index in [4.69, 9.17) is 5.73 Å². The largest absolute Gasteiger partial charge is 0.370 e. The van der Waals surface area contributed by atoms with Gasteiger partial charge in [-0.1, -0.05) is 26.2 Å². The highest BCUT2D eigenvalue weighted by molar-refractivity contribution is 5.73. The number of carbonyl (C=O) groups is 1. The summed E-state index contributed by atoms with van der Waals surface area (Å²) in [6.45, 7) is 2.11. The number of nitrogens with two attached hydrogens (primary N) is 1. The molecule has 1 amide bonds. The van der Waals surface area contributed by atoms with Crippen molar-refractivity contribution in [3.8, 4) is 0 Å². The molecule has 1 fully saturated rings. The quantitative estimate of drug-likeness (QED) is 0.659. The van der Waals surface area contributed by atoms with E-state index in [1.807, 2.05) is 0 Å². The standard InChI is InChI=1S/C9H17NO/c1-7(6-9(10)11)5-8-3-2-4-8/h7-8H,2-6H2,1H3,(H2,10,11). The van der Waals surface area contributed by atoms with Gasteiger partial charge in [0.15, 0.2) is 0 Å². The Kier molecular flexibility index (Phi) is 2.92. The molecule has 1 atom stereocenters. The van der Waals surface area contributed by atoms with Crippen molar-refractivity contribution in [3.63, 3.8) is 0 Å². The van der Waals surface area contributed by atoms with Crippen LogP contribution in [0.15, 0.2) is 0 Å². The number of hydrogen-bond donors (Lipinski definition) is 1. The highest BCUT2D eigenvalue weighted by atomic mass is 16.1. The SMILES string of the molecule is CC(CC(N)=O)CC1CCC1. The van der Waals surface area contributed by atoms with Gasteiger partial charge in [0.2, 0.25) is 5.91 Å². The van der Waals surface area contributed by atoms with Crippen LogP contribution in [0.1, 0.15) is 39.0 Å². The number of amides is 1. The van der Waals surface area contributed by atoms with Gasteiger partial charge in [0.05, 0.1) is 0 Å². The topological polar surface area (TPSA) is 43.1 Å². The van der Waals surface area contributed by atoms with Crippen molar-refractivity contribution in [2.45, 2.75) is 39.0 Å². The van der Waals surface area contributed by atoms with Gasteiger partial charge in [-0.25, -0.2) is 0 Å². The number of hydrogen-bond acceptors (Lipinski definition) is 1. The highest BCUT2D eigenvalue weighted by Gasteiger charge is 2.20. The van der Waals surface area contributed by atoms with E-state index in [-0.39, 0.29) is 5.91 Å². The molecule has 2 heteroatoms. The van der Waals surface area contributed by atoms with Crippen LogP contribution in [0.4, 0.5) is 0 Å². The van der Waals surface area contributed by atoms with Crippen molar-refractivity contribution in [3.05, 3.63) is 0 Å². The maximum absolute atomic E-state index is 10.5. The van der Waals surface area contributed by atoms with E-state index in [2.05, 4.69) is 6.92 Å². The molecule has 2 N–H and O–H groups in total. The average molecular weight is 155 g/mol. The second kappa shape index (κ2) is 3.74.